The number of H-pyrrole nitrogens is 1. The molecule has 2 aromatic heterocycles. The maximum atomic E-state index is 13.9. The Balaban J connectivity index is 1.64. The van der Waals surface area contributed by atoms with Crippen LogP contribution >= 0.6 is 11.3 Å². The Kier molecular flexibility index (Phi) is 9.58. The van der Waals surface area contributed by atoms with Crippen LogP contribution in [0.4, 0.5) is 5.69 Å². The topological polar surface area (TPSA) is 124 Å². The van der Waals surface area contributed by atoms with Gasteiger partial charge in [-0.25, -0.2) is 13.4 Å². The van der Waals surface area contributed by atoms with Crippen molar-refractivity contribution in [1.82, 2.24) is 19.6 Å². The van der Waals surface area contributed by atoms with Crippen molar-refractivity contribution in [2.75, 3.05) is 12.4 Å². The maximum absolute atomic E-state index is 13.9. The predicted molar refractivity (Wildman–Crippen MR) is 154 cm³/mol. The first-order valence-corrected chi connectivity index (χ1v) is 15.8. The van der Waals surface area contributed by atoms with Crippen LogP contribution in [0, 0.1) is 6.92 Å². The molecular weight excluding hydrogens is 534 g/mol. The van der Waals surface area contributed by atoms with E-state index >= 15 is 0 Å². The zero-order chi connectivity index (χ0) is 28.0. The van der Waals surface area contributed by atoms with Crippen molar-refractivity contribution < 1.29 is 18.0 Å². The number of rotatable bonds is 12. The summed E-state index contributed by atoms with van der Waals surface area (Å²) in [6.45, 7) is 3.65. The summed E-state index contributed by atoms with van der Waals surface area (Å²) in [6, 6.07) is 7.84. The number of carbonyl (C=O) groups is 2. The molecule has 2 heterocycles. The van der Waals surface area contributed by atoms with Gasteiger partial charge in [-0.2, -0.15) is 4.72 Å². The molecule has 0 aliphatic heterocycles. The Labute approximate surface area is 234 Å². The first kappa shape index (κ1) is 29.0. The average molecular weight is 572 g/mol. The van der Waals surface area contributed by atoms with Gasteiger partial charge in [-0.1, -0.05) is 38.0 Å². The number of aromatic amines is 1. The van der Waals surface area contributed by atoms with E-state index in [-0.39, 0.29) is 34.9 Å². The van der Waals surface area contributed by atoms with Gasteiger partial charge in [0.2, 0.25) is 21.8 Å². The second-order valence-electron chi connectivity index (χ2n) is 9.99. The van der Waals surface area contributed by atoms with Gasteiger partial charge in [0.05, 0.1) is 17.7 Å². The third-order valence-electron chi connectivity index (χ3n) is 7.34. The number of thiophene rings is 1. The van der Waals surface area contributed by atoms with Gasteiger partial charge in [0, 0.05) is 35.6 Å². The lowest BCUT2D eigenvalue weighted by Gasteiger charge is -2.29. The molecule has 3 aromatic rings. The number of para-hydroxylation sites is 1. The van der Waals surface area contributed by atoms with E-state index in [1.165, 1.54) is 17.4 Å². The number of anilines is 1. The third kappa shape index (κ3) is 6.95. The number of imidazole rings is 1. The second-order valence-corrected chi connectivity index (χ2v) is 12.6. The van der Waals surface area contributed by atoms with Gasteiger partial charge >= 0.3 is 0 Å². The fourth-order valence-corrected chi connectivity index (χ4v) is 7.23. The fourth-order valence-electron chi connectivity index (χ4n) is 5.06. The quantitative estimate of drug-likeness (QED) is 0.286. The minimum absolute atomic E-state index is 0.0559. The molecule has 210 valence electrons. The highest BCUT2D eigenvalue weighted by molar-refractivity contribution is 7.89. The lowest BCUT2D eigenvalue weighted by molar-refractivity contribution is -0.133. The summed E-state index contributed by atoms with van der Waals surface area (Å²) >= 11 is 1.46. The van der Waals surface area contributed by atoms with E-state index in [1.54, 1.807) is 37.3 Å². The molecule has 3 N–H and O–H groups in total. The van der Waals surface area contributed by atoms with Crippen LogP contribution in [0.25, 0.3) is 10.4 Å². The lowest BCUT2D eigenvalue weighted by atomic mass is 10.1. The van der Waals surface area contributed by atoms with E-state index in [0.717, 1.165) is 41.9 Å². The van der Waals surface area contributed by atoms with E-state index in [0.29, 0.717) is 24.8 Å². The maximum Gasteiger partial charge on any atom is 0.243 e. The van der Waals surface area contributed by atoms with Crippen molar-refractivity contribution in [3.05, 3.63) is 53.4 Å². The number of hydrogen-bond donors (Lipinski definition) is 3. The molecule has 39 heavy (non-hydrogen) atoms. The van der Waals surface area contributed by atoms with Crippen LogP contribution in [-0.4, -0.2) is 54.2 Å². The molecule has 2 amide bonds. The van der Waals surface area contributed by atoms with Gasteiger partial charge in [0.15, 0.2) is 0 Å². The van der Waals surface area contributed by atoms with Crippen molar-refractivity contribution in [2.24, 2.45) is 0 Å². The molecule has 1 saturated carbocycles. The minimum atomic E-state index is -4.18. The first-order chi connectivity index (χ1) is 18.7. The van der Waals surface area contributed by atoms with E-state index in [9.17, 15) is 18.0 Å². The number of likely N-dealkylation sites (N-methyl/N-ethyl adjacent to an activating group) is 1. The predicted octanol–water partition coefficient (Wildman–Crippen LogP) is 4.87. The molecule has 1 atom stereocenters. The molecule has 1 aliphatic rings. The van der Waals surface area contributed by atoms with Crippen LogP contribution in [0.5, 0.6) is 0 Å². The molecule has 9 nitrogen and oxygen atoms in total. The largest absolute Gasteiger partial charge is 0.348 e. The number of nitrogens with zero attached hydrogens (tertiary/aromatic N) is 2. The van der Waals surface area contributed by atoms with Crippen molar-refractivity contribution >= 4 is 38.9 Å². The van der Waals surface area contributed by atoms with Crippen molar-refractivity contribution in [1.29, 1.82) is 0 Å². The Morgan fingerprint density at radius 2 is 1.97 bits per heavy atom. The zero-order valence-electron chi connectivity index (χ0n) is 22.7. The molecule has 0 bridgehead atoms. The number of aromatic nitrogens is 2. The number of hydrogen-bond acceptors (Lipinski definition) is 6. The molecule has 4 rings (SSSR count). The summed E-state index contributed by atoms with van der Waals surface area (Å²) < 4.78 is 30.5. The minimum Gasteiger partial charge on any atom is -0.348 e. The summed E-state index contributed by atoms with van der Waals surface area (Å²) in [5.41, 5.74) is 2.71. The molecule has 0 unspecified atom stereocenters. The molecule has 0 spiro atoms. The SMILES string of the molecule is CCC(=O)Nc1c(-c2cccs2)cccc1S(=O)(=O)N[C@@H](CCCc1nc[nH]c1C)C(=O)N(C)C1CCCC1. The van der Waals surface area contributed by atoms with E-state index in [1.807, 2.05) is 24.4 Å². The molecule has 0 saturated heterocycles. The van der Waals surface area contributed by atoms with Gasteiger partial charge in [0.1, 0.15) is 10.9 Å². The van der Waals surface area contributed by atoms with Crippen molar-refractivity contribution in [3.8, 4) is 10.4 Å². The van der Waals surface area contributed by atoms with Crippen LogP contribution in [0.3, 0.4) is 0 Å². The van der Waals surface area contributed by atoms with Crippen LogP contribution in [0.1, 0.15) is 63.3 Å². The lowest BCUT2D eigenvalue weighted by Crippen LogP contribution is -2.49. The van der Waals surface area contributed by atoms with Gasteiger partial charge in [-0.3, -0.25) is 9.59 Å². The Hall–Kier alpha value is -3.02. The highest BCUT2D eigenvalue weighted by atomic mass is 32.2. The zero-order valence-corrected chi connectivity index (χ0v) is 24.3. The number of nitrogens with one attached hydrogen (secondary N) is 3. The molecule has 0 radical (unpaired) electrons. The fraction of sp³-hybridized carbons (Fsp3) is 0.464. The van der Waals surface area contributed by atoms with Gasteiger partial charge in [0.25, 0.3) is 0 Å². The summed E-state index contributed by atoms with van der Waals surface area (Å²) in [7, 11) is -2.42. The highest BCUT2D eigenvalue weighted by Gasteiger charge is 2.33. The van der Waals surface area contributed by atoms with Crippen LogP contribution < -0.4 is 10.0 Å². The van der Waals surface area contributed by atoms with E-state index in [4.69, 9.17) is 0 Å². The highest BCUT2D eigenvalue weighted by Crippen LogP contribution is 2.36. The normalized spacial score (nSPS) is 14.8. The second kappa shape index (κ2) is 12.9. The number of aryl methyl sites for hydroxylation is 2. The Bertz CT molecular complexity index is 1380. The smallest absolute Gasteiger partial charge is 0.243 e. The molecular formula is C28H37N5O4S2. The number of carbonyl (C=O) groups excluding carboxylic acids is 2. The third-order valence-corrected chi connectivity index (χ3v) is 9.76. The van der Waals surface area contributed by atoms with Gasteiger partial charge < -0.3 is 15.2 Å². The summed E-state index contributed by atoms with van der Waals surface area (Å²) in [4.78, 5) is 36.0. The molecule has 1 aromatic carbocycles. The van der Waals surface area contributed by atoms with E-state index < -0.39 is 16.1 Å². The number of benzene rings is 1. The summed E-state index contributed by atoms with van der Waals surface area (Å²) in [5, 5.41) is 4.70. The van der Waals surface area contributed by atoms with E-state index in [2.05, 4.69) is 20.0 Å². The average Bonchev–Trinajstić information content (AvgIpc) is 3.71. The number of sulfonamides is 1. The van der Waals surface area contributed by atoms with Crippen molar-refractivity contribution in [3.63, 3.8) is 0 Å². The van der Waals surface area contributed by atoms with Crippen molar-refractivity contribution in [2.45, 2.75) is 82.2 Å². The van der Waals surface area contributed by atoms with Crippen LogP contribution in [0.2, 0.25) is 0 Å². The van der Waals surface area contributed by atoms with Gasteiger partial charge in [-0.05, 0) is 56.5 Å². The number of amides is 2. The first-order valence-electron chi connectivity index (χ1n) is 13.5. The molecule has 1 fully saturated rings. The summed E-state index contributed by atoms with van der Waals surface area (Å²) in [6.07, 6.45) is 7.33. The van der Waals surface area contributed by atoms with Gasteiger partial charge in [-0.15, -0.1) is 11.3 Å². The monoisotopic (exact) mass is 571 g/mol. The summed E-state index contributed by atoms with van der Waals surface area (Å²) in [5.74, 6) is -0.531. The standard InChI is InChI=1S/C28H37N5O4S2/c1-4-26(34)31-27-21(24-15-9-17-38-24)12-7-16-25(27)39(36,37)32-23(14-8-13-22-19(2)29-18-30-22)28(35)33(3)20-10-5-6-11-20/h7,9,12,15-18,20,23,32H,4-6,8,10-11,13-14H2,1-3H3,(H,29,30)(H,31,34)/t23-/m0/s1. The van der Waals surface area contributed by atoms with Crippen LogP contribution in [-0.2, 0) is 26.0 Å². The molecule has 11 heteroatoms. The molecule has 1 aliphatic carbocycles. The Morgan fingerprint density at radius 1 is 1.21 bits per heavy atom. The Morgan fingerprint density at radius 3 is 2.62 bits per heavy atom. The van der Waals surface area contributed by atoms with Crippen LogP contribution in [0.15, 0.2) is 46.9 Å².